The van der Waals surface area contributed by atoms with E-state index in [1.165, 1.54) is 17.1 Å². The number of likely N-dealkylation sites (tertiary alicyclic amines) is 1. The van der Waals surface area contributed by atoms with Crippen LogP contribution in [0.15, 0.2) is 0 Å². The molecule has 2 aliphatic heterocycles. The average molecular weight is 346 g/mol. The van der Waals surface area contributed by atoms with Crippen molar-refractivity contribution >= 4 is 15.9 Å². The molecular weight excluding hydrogens is 314 g/mol. The Morgan fingerprint density at radius 3 is 2.52 bits per heavy atom. The lowest BCUT2D eigenvalue weighted by Crippen LogP contribution is -2.46. The Bertz CT molecular complexity index is 487. The largest absolute Gasteiger partial charge is 0.356 e. The number of carbonyl (C=O) groups is 1. The minimum Gasteiger partial charge on any atom is -0.356 e. The number of nitrogens with zero attached hydrogens (tertiary/aromatic N) is 2. The van der Waals surface area contributed by atoms with Gasteiger partial charge in [-0.1, -0.05) is 0 Å². The van der Waals surface area contributed by atoms with Gasteiger partial charge in [0.2, 0.25) is 15.9 Å². The molecule has 2 fully saturated rings. The van der Waals surface area contributed by atoms with Gasteiger partial charge in [0.25, 0.3) is 0 Å². The number of sulfonamides is 1. The van der Waals surface area contributed by atoms with Gasteiger partial charge in [-0.3, -0.25) is 4.79 Å². The minimum absolute atomic E-state index is 0.0222. The molecule has 1 unspecified atom stereocenters. The van der Waals surface area contributed by atoms with E-state index in [0.29, 0.717) is 25.6 Å². The minimum atomic E-state index is -3.18. The first-order chi connectivity index (χ1) is 10.9. The van der Waals surface area contributed by atoms with Crippen LogP contribution in [0.4, 0.5) is 0 Å². The van der Waals surface area contributed by atoms with E-state index in [1.54, 1.807) is 6.92 Å². The molecular formula is C16H31N3O3S. The lowest BCUT2D eigenvalue weighted by molar-refractivity contribution is -0.126. The van der Waals surface area contributed by atoms with Crippen molar-refractivity contribution in [3.8, 4) is 0 Å². The molecule has 0 aromatic heterocycles. The molecule has 0 bridgehead atoms. The molecule has 0 aliphatic carbocycles. The summed E-state index contributed by atoms with van der Waals surface area (Å²) in [6.45, 7) is 5.55. The SMILES string of the molecule is CCS(=O)(=O)N1CCCC(C(=O)NCCC2CCN(C)CC2)C1. The monoisotopic (exact) mass is 345 g/mol. The summed E-state index contributed by atoms with van der Waals surface area (Å²) in [5.74, 6) is 0.642. The summed E-state index contributed by atoms with van der Waals surface area (Å²) in [6, 6.07) is 0. The maximum absolute atomic E-state index is 12.3. The third kappa shape index (κ3) is 5.43. The van der Waals surface area contributed by atoms with E-state index < -0.39 is 10.0 Å². The molecule has 2 rings (SSSR count). The molecule has 2 heterocycles. The van der Waals surface area contributed by atoms with Crippen molar-refractivity contribution in [2.75, 3.05) is 45.5 Å². The van der Waals surface area contributed by atoms with Gasteiger partial charge in [-0.2, -0.15) is 0 Å². The highest BCUT2D eigenvalue weighted by atomic mass is 32.2. The molecule has 1 atom stereocenters. The molecule has 6 nitrogen and oxygen atoms in total. The van der Waals surface area contributed by atoms with Crippen LogP contribution >= 0.6 is 0 Å². The van der Waals surface area contributed by atoms with Crippen LogP contribution in [-0.2, 0) is 14.8 Å². The maximum atomic E-state index is 12.3. The number of carbonyl (C=O) groups excluding carboxylic acids is 1. The van der Waals surface area contributed by atoms with Gasteiger partial charge in [0.1, 0.15) is 0 Å². The molecule has 0 aromatic carbocycles. The molecule has 2 aliphatic rings. The summed E-state index contributed by atoms with van der Waals surface area (Å²) in [7, 11) is -1.03. The summed E-state index contributed by atoms with van der Waals surface area (Å²) in [4.78, 5) is 14.7. The molecule has 7 heteroatoms. The summed E-state index contributed by atoms with van der Waals surface area (Å²) >= 11 is 0. The number of hydrogen-bond donors (Lipinski definition) is 1. The van der Waals surface area contributed by atoms with Crippen LogP contribution in [0.2, 0.25) is 0 Å². The van der Waals surface area contributed by atoms with Crippen LogP contribution in [0.5, 0.6) is 0 Å². The van der Waals surface area contributed by atoms with Crippen LogP contribution < -0.4 is 5.32 Å². The van der Waals surface area contributed by atoms with E-state index in [2.05, 4.69) is 17.3 Å². The highest BCUT2D eigenvalue weighted by Crippen LogP contribution is 2.21. The quantitative estimate of drug-likeness (QED) is 0.776. The predicted molar refractivity (Wildman–Crippen MR) is 91.6 cm³/mol. The molecule has 0 saturated carbocycles. The fourth-order valence-electron chi connectivity index (χ4n) is 3.49. The van der Waals surface area contributed by atoms with Crippen molar-refractivity contribution in [1.82, 2.24) is 14.5 Å². The Balaban J connectivity index is 1.73. The smallest absolute Gasteiger partial charge is 0.224 e. The van der Waals surface area contributed by atoms with Crippen molar-refractivity contribution < 1.29 is 13.2 Å². The zero-order chi connectivity index (χ0) is 16.9. The Morgan fingerprint density at radius 1 is 1.17 bits per heavy atom. The molecule has 0 spiro atoms. The maximum Gasteiger partial charge on any atom is 0.224 e. The average Bonchev–Trinajstić information content (AvgIpc) is 2.56. The van der Waals surface area contributed by atoms with Crippen molar-refractivity contribution in [2.45, 2.75) is 39.0 Å². The van der Waals surface area contributed by atoms with Gasteiger partial charge < -0.3 is 10.2 Å². The van der Waals surface area contributed by atoms with Crippen molar-refractivity contribution in [3.05, 3.63) is 0 Å². The summed E-state index contributed by atoms with van der Waals surface area (Å²) in [6.07, 6.45) is 5.00. The van der Waals surface area contributed by atoms with Crippen molar-refractivity contribution in [2.24, 2.45) is 11.8 Å². The second kappa shape index (κ2) is 8.44. The lowest BCUT2D eigenvalue weighted by atomic mass is 9.93. The van der Waals surface area contributed by atoms with E-state index in [9.17, 15) is 13.2 Å². The van der Waals surface area contributed by atoms with Gasteiger partial charge in [-0.15, -0.1) is 0 Å². The molecule has 134 valence electrons. The van der Waals surface area contributed by atoms with Gasteiger partial charge in [-0.05, 0) is 65.1 Å². The van der Waals surface area contributed by atoms with Crippen LogP contribution in [0.25, 0.3) is 0 Å². The summed E-state index contributed by atoms with van der Waals surface area (Å²) < 4.78 is 25.4. The number of rotatable bonds is 6. The third-order valence-corrected chi connectivity index (χ3v) is 7.05. The van der Waals surface area contributed by atoms with Gasteiger partial charge in [0, 0.05) is 19.6 Å². The Hall–Kier alpha value is -0.660. The molecule has 0 radical (unpaired) electrons. The van der Waals surface area contributed by atoms with Crippen LogP contribution in [-0.4, -0.2) is 69.1 Å². The second-order valence-electron chi connectivity index (χ2n) is 6.92. The first-order valence-electron chi connectivity index (χ1n) is 8.86. The zero-order valence-corrected chi connectivity index (χ0v) is 15.3. The summed E-state index contributed by atoms with van der Waals surface area (Å²) in [5.41, 5.74) is 0. The van der Waals surface area contributed by atoms with E-state index in [-0.39, 0.29) is 17.6 Å². The van der Waals surface area contributed by atoms with Gasteiger partial charge in [0.15, 0.2) is 0 Å². The Kier molecular flexibility index (Phi) is 6.85. The number of nitrogens with one attached hydrogen (secondary N) is 1. The highest BCUT2D eigenvalue weighted by molar-refractivity contribution is 7.89. The molecule has 2 saturated heterocycles. The van der Waals surface area contributed by atoms with Gasteiger partial charge >= 0.3 is 0 Å². The number of amides is 1. The Labute approximate surface area is 140 Å². The van der Waals surface area contributed by atoms with Crippen molar-refractivity contribution in [1.29, 1.82) is 0 Å². The van der Waals surface area contributed by atoms with Gasteiger partial charge in [0.05, 0.1) is 11.7 Å². The summed E-state index contributed by atoms with van der Waals surface area (Å²) in [5, 5.41) is 3.03. The molecule has 23 heavy (non-hydrogen) atoms. The van der Waals surface area contributed by atoms with E-state index in [1.807, 2.05) is 0 Å². The molecule has 0 aromatic rings. The normalized spacial score (nSPS) is 25.4. The van der Waals surface area contributed by atoms with Crippen LogP contribution in [0.3, 0.4) is 0 Å². The standard InChI is InChI=1S/C16H31N3O3S/c1-3-23(21,22)19-10-4-5-15(13-19)16(20)17-9-6-14-7-11-18(2)12-8-14/h14-15H,3-13H2,1-2H3,(H,17,20). The second-order valence-corrected chi connectivity index (χ2v) is 9.18. The number of piperidine rings is 2. The number of hydrogen-bond acceptors (Lipinski definition) is 4. The fourth-order valence-corrected chi connectivity index (χ4v) is 4.67. The van der Waals surface area contributed by atoms with Crippen LogP contribution in [0, 0.1) is 11.8 Å². The van der Waals surface area contributed by atoms with E-state index >= 15 is 0 Å². The topological polar surface area (TPSA) is 69.7 Å². The zero-order valence-electron chi connectivity index (χ0n) is 14.5. The highest BCUT2D eigenvalue weighted by Gasteiger charge is 2.31. The molecule has 1 N–H and O–H groups in total. The van der Waals surface area contributed by atoms with Crippen molar-refractivity contribution in [3.63, 3.8) is 0 Å². The lowest BCUT2D eigenvalue weighted by Gasteiger charge is -2.31. The first-order valence-corrected chi connectivity index (χ1v) is 10.5. The van der Waals surface area contributed by atoms with Gasteiger partial charge in [-0.25, -0.2) is 12.7 Å². The first kappa shape index (κ1) is 18.7. The van der Waals surface area contributed by atoms with E-state index in [4.69, 9.17) is 0 Å². The molecule has 1 amide bonds. The van der Waals surface area contributed by atoms with Crippen LogP contribution in [0.1, 0.15) is 39.0 Å². The predicted octanol–water partition coefficient (Wildman–Crippen LogP) is 0.896. The van der Waals surface area contributed by atoms with E-state index in [0.717, 1.165) is 32.4 Å². The third-order valence-electron chi connectivity index (χ3n) is 5.20. The Morgan fingerprint density at radius 2 is 1.87 bits per heavy atom. The fraction of sp³-hybridized carbons (Fsp3) is 0.938.